The molecular formula is C15H14ClN3O2. The van der Waals surface area contributed by atoms with Gasteiger partial charge in [-0.2, -0.15) is 5.10 Å². The van der Waals surface area contributed by atoms with Crippen LogP contribution in [0.15, 0.2) is 34.9 Å². The number of halogens is 1. The van der Waals surface area contributed by atoms with Crippen LogP contribution >= 0.6 is 11.6 Å². The van der Waals surface area contributed by atoms with Crippen molar-refractivity contribution >= 4 is 17.4 Å². The highest BCUT2D eigenvalue weighted by atomic mass is 35.5. The molecule has 0 saturated heterocycles. The number of hydrogen-bond donors (Lipinski definition) is 2. The molecule has 0 fully saturated rings. The second kappa shape index (κ2) is 5.18. The Morgan fingerprint density at radius 1 is 1.33 bits per heavy atom. The monoisotopic (exact) mass is 303 g/mol. The van der Waals surface area contributed by atoms with E-state index in [1.54, 1.807) is 31.6 Å². The zero-order chi connectivity index (χ0) is 15.0. The lowest BCUT2D eigenvalue weighted by molar-refractivity contribution is 0.416. The van der Waals surface area contributed by atoms with Gasteiger partial charge in [0, 0.05) is 16.1 Å². The van der Waals surface area contributed by atoms with E-state index in [0.717, 1.165) is 28.1 Å². The smallest absolute Gasteiger partial charge is 0.153 e. The highest BCUT2D eigenvalue weighted by molar-refractivity contribution is 6.31. The zero-order valence-corrected chi connectivity index (χ0v) is 12.4. The van der Waals surface area contributed by atoms with Gasteiger partial charge in [-0.05, 0) is 31.2 Å². The molecule has 0 amide bonds. The molecule has 5 nitrogen and oxygen atoms in total. The molecular weight excluding hydrogens is 290 g/mol. The lowest BCUT2D eigenvalue weighted by Crippen LogP contribution is -1.92. The molecule has 0 spiro atoms. The van der Waals surface area contributed by atoms with Crippen molar-refractivity contribution in [3.63, 3.8) is 0 Å². The number of nitrogens with zero attached hydrogens (tertiary/aromatic N) is 1. The summed E-state index contributed by atoms with van der Waals surface area (Å²) < 4.78 is 10.7. The van der Waals surface area contributed by atoms with E-state index in [9.17, 15) is 0 Å². The number of ether oxygens (including phenoxy) is 1. The van der Waals surface area contributed by atoms with Crippen LogP contribution in [0.4, 0.5) is 5.82 Å². The minimum atomic E-state index is 0.379. The molecule has 2 heterocycles. The first kappa shape index (κ1) is 13.6. The van der Waals surface area contributed by atoms with Gasteiger partial charge in [0.05, 0.1) is 18.4 Å². The van der Waals surface area contributed by atoms with Gasteiger partial charge in [-0.25, -0.2) is 0 Å². The number of anilines is 1. The molecule has 0 aliphatic carbocycles. The number of aromatic amines is 1. The summed E-state index contributed by atoms with van der Waals surface area (Å²) in [5.74, 6) is 1.86. The zero-order valence-electron chi connectivity index (χ0n) is 11.6. The number of benzene rings is 1. The number of nitrogens with two attached hydrogens (primary N) is 1. The first-order valence-electron chi connectivity index (χ1n) is 6.33. The highest BCUT2D eigenvalue weighted by Gasteiger charge is 2.19. The molecule has 3 aromatic rings. The first-order valence-corrected chi connectivity index (χ1v) is 6.71. The van der Waals surface area contributed by atoms with Gasteiger partial charge in [-0.15, -0.1) is 0 Å². The topological polar surface area (TPSA) is 77.1 Å². The van der Waals surface area contributed by atoms with Crippen molar-refractivity contribution in [1.29, 1.82) is 0 Å². The number of rotatable bonds is 3. The Kier molecular flexibility index (Phi) is 3.35. The van der Waals surface area contributed by atoms with Gasteiger partial charge in [-0.3, -0.25) is 5.10 Å². The number of aryl methyl sites for hydroxylation is 1. The molecule has 0 atom stereocenters. The van der Waals surface area contributed by atoms with Crippen molar-refractivity contribution in [3.05, 3.63) is 41.3 Å². The number of furan rings is 1. The fourth-order valence-corrected chi connectivity index (χ4v) is 2.46. The first-order chi connectivity index (χ1) is 10.1. The Bertz CT molecular complexity index is 792. The third-order valence-corrected chi connectivity index (χ3v) is 3.48. The van der Waals surface area contributed by atoms with Gasteiger partial charge < -0.3 is 14.9 Å². The molecule has 0 saturated carbocycles. The SMILES string of the molecule is COc1ccc(Cl)cc1-c1c(N)n[nH]c1-c1coc(C)c1. The summed E-state index contributed by atoms with van der Waals surface area (Å²) in [6.45, 7) is 1.88. The van der Waals surface area contributed by atoms with Gasteiger partial charge in [0.2, 0.25) is 0 Å². The van der Waals surface area contributed by atoms with E-state index >= 15 is 0 Å². The van der Waals surface area contributed by atoms with Crippen molar-refractivity contribution in [3.8, 4) is 28.1 Å². The standard InChI is InChI=1S/C15H14ClN3O2/c1-8-5-9(7-21-8)14-13(15(17)19-18-14)11-6-10(16)3-4-12(11)20-2/h3-7H,1-2H3,(H3,17,18,19). The average molecular weight is 304 g/mol. The van der Waals surface area contributed by atoms with Gasteiger partial charge in [0.1, 0.15) is 17.8 Å². The van der Waals surface area contributed by atoms with E-state index < -0.39 is 0 Å². The summed E-state index contributed by atoms with van der Waals surface area (Å²) in [5, 5.41) is 7.63. The Balaban J connectivity index is 2.24. The maximum atomic E-state index is 6.10. The minimum Gasteiger partial charge on any atom is -0.496 e. The predicted molar refractivity (Wildman–Crippen MR) is 82.4 cm³/mol. The van der Waals surface area contributed by atoms with Crippen LogP contribution in [0.1, 0.15) is 5.76 Å². The number of aromatic nitrogens is 2. The summed E-state index contributed by atoms with van der Waals surface area (Å²) in [7, 11) is 1.60. The maximum Gasteiger partial charge on any atom is 0.153 e. The van der Waals surface area contributed by atoms with E-state index in [-0.39, 0.29) is 0 Å². The van der Waals surface area contributed by atoms with E-state index in [1.807, 2.05) is 13.0 Å². The van der Waals surface area contributed by atoms with Crippen LogP contribution < -0.4 is 10.5 Å². The molecule has 3 N–H and O–H groups in total. The minimum absolute atomic E-state index is 0.379. The van der Waals surface area contributed by atoms with Gasteiger partial charge >= 0.3 is 0 Å². The summed E-state index contributed by atoms with van der Waals surface area (Å²) in [6, 6.07) is 7.28. The predicted octanol–water partition coefficient (Wildman–Crippen LogP) is 3.89. The molecule has 6 heteroatoms. The van der Waals surface area contributed by atoms with E-state index in [4.69, 9.17) is 26.5 Å². The van der Waals surface area contributed by atoms with Crippen LogP contribution in [-0.4, -0.2) is 17.3 Å². The van der Waals surface area contributed by atoms with Crippen LogP contribution in [0.3, 0.4) is 0 Å². The summed E-state index contributed by atoms with van der Waals surface area (Å²) >= 11 is 6.10. The van der Waals surface area contributed by atoms with E-state index in [2.05, 4.69) is 10.2 Å². The number of hydrogen-bond acceptors (Lipinski definition) is 4. The fourth-order valence-electron chi connectivity index (χ4n) is 2.29. The third kappa shape index (κ3) is 2.36. The van der Waals surface area contributed by atoms with Crippen LogP contribution in [-0.2, 0) is 0 Å². The molecule has 0 aliphatic heterocycles. The number of nitrogens with one attached hydrogen (secondary N) is 1. The number of H-pyrrole nitrogens is 1. The molecule has 0 radical (unpaired) electrons. The van der Waals surface area contributed by atoms with Crippen molar-refractivity contribution in [2.45, 2.75) is 6.92 Å². The molecule has 108 valence electrons. The van der Waals surface area contributed by atoms with Crippen LogP contribution in [0, 0.1) is 6.92 Å². The van der Waals surface area contributed by atoms with E-state index in [1.165, 1.54) is 0 Å². The van der Waals surface area contributed by atoms with Gasteiger partial charge in [-0.1, -0.05) is 11.6 Å². The van der Waals surface area contributed by atoms with Crippen molar-refractivity contribution in [2.24, 2.45) is 0 Å². The van der Waals surface area contributed by atoms with Gasteiger partial charge in [0.15, 0.2) is 5.82 Å². The Hall–Kier alpha value is -2.40. The lowest BCUT2D eigenvalue weighted by Gasteiger charge is -2.09. The molecule has 3 rings (SSSR count). The second-order valence-corrected chi connectivity index (χ2v) is 5.09. The summed E-state index contributed by atoms with van der Waals surface area (Å²) in [5.41, 5.74) is 9.19. The van der Waals surface area contributed by atoms with Gasteiger partial charge in [0.25, 0.3) is 0 Å². The Morgan fingerprint density at radius 3 is 2.81 bits per heavy atom. The molecule has 0 bridgehead atoms. The summed E-state index contributed by atoms with van der Waals surface area (Å²) in [6.07, 6.45) is 1.66. The van der Waals surface area contributed by atoms with E-state index in [0.29, 0.717) is 16.6 Å². The van der Waals surface area contributed by atoms with Crippen LogP contribution in [0.25, 0.3) is 22.4 Å². The van der Waals surface area contributed by atoms with Crippen molar-refractivity contribution in [1.82, 2.24) is 10.2 Å². The molecule has 1 aromatic carbocycles. The average Bonchev–Trinajstić information content (AvgIpc) is 3.04. The van der Waals surface area contributed by atoms with Crippen LogP contribution in [0.5, 0.6) is 5.75 Å². The number of nitrogen functional groups attached to an aromatic ring is 1. The highest BCUT2D eigenvalue weighted by Crippen LogP contribution is 2.41. The summed E-state index contributed by atoms with van der Waals surface area (Å²) in [4.78, 5) is 0. The normalized spacial score (nSPS) is 10.8. The second-order valence-electron chi connectivity index (χ2n) is 4.65. The van der Waals surface area contributed by atoms with Crippen molar-refractivity contribution in [2.75, 3.05) is 12.8 Å². The largest absolute Gasteiger partial charge is 0.496 e. The quantitative estimate of drug-likeness (QED) is 0.769. The maximum absolute atomic E-state index is 6.10. The van der Waals surface area contributed by atoms with Crippen LogP contribution in [0.2, 0.25) is 5.02 Å². The lowest BCUT2D eigenvalue weighted by atomic mass is 10.0. The Morgan fingerprint density at radius 2 is 2.14 bits per heavy atom. The molecule has 21 heavy (non-hydrogen) atoms. The van der Waals surface area contributed by atoms with Crippen molar-refractivity contribution < 1.29 is 9.15 Å². The third-order valence-electron chi connectivity index (χ3n) is 3.24. The molecule has 0 aliphatic rings. The number of methoxy groups -OCH3 is 1. The molecule has 2 aromatic heterocycles. The molecule has 0 unspecified atom stereocenters. The Labute approximate surface area is 126 Å². The fraction of sp³-hybridized carbons (Fsp3) is 0.133.